The predicted molar refractivity (Wildman–Crippen MR) is 180 cm³/mol. The first-order valence-electron chi connectivity index (χ1n) is 16.3. The summed E-state index contributed by atoms with van der Waals surface area (Å²) in [5.41, 5.74) is 2.62. The summed E-state index contributed by atoms with van der Waals surface area (Å²) in [6, 6.07) is 22.6. The minimum Gasteiger partial charge on any atom is -0.354 e. The highest BCUT2D eigenvalue weighted by Crippen LogP contribution is 2.14. The number of benzene rings is 3. The zero-order valence-corrected chi connectivity index (χ0v) is 27.3. The maximum Gasteiger partial charge on any atom is 0.254 e. The Morgan fingerprint density at radius 2 is 1.40 bits per heavy atom. The van der Waals surface area contributed by atoms with Crippen LogP contribution in [0.15, 0.2) is 84.9 Å². The molecular formula is C37H45N5O5. The van der Waals surface area contributed by atoms with Gasteiger partial charge in [0.05, 0.1) is 0 Å². The van der Waals surface area contributed by atoms with Crippen molar-refractivity contribution in [1.29, 1.82) is 0 Å². The van der Waals surface area contributed by atoms with Crippen LogP contribution < -0.4 is 21.3 Å². The summed E-state index contributed by atoms with van der Waals surface area (Å²) in [7, 11) is 0. The molecule has 5 rings (SSSR count). The van der Waals surface area contributed by atoms with Crippen molar-refractivity contribution in [3.8, 4) is 0 Å². The molecule has 2 bridgehead atoms. The molecule has 0 saturated carbocycles. The minimum absolute atomic E-state index is 0.0682. The van der Waals surface area contributed by atoms with Crippen LogP contribution in [0.1, 0.15) is 71.9 Å². The Hall–Kier alpha value is -4.99. The first-order valence-corrected chi connectivity index (χ1v) is 16.3. The summed E-state index contributed by atoms with van der Waals surface area (Å²) in [5.74, 6) is -1.81. The maximum absolute atomic E-state index is 13.7. The molecular weight excluding hydrogens is 594 g/mol. The summed E-state index contributed by atoms with van der Waals surface area (Å²) in [5, 5.41) is 11.3. The number of rotatable bonds is 5. The fourth-order valence-corrected chi connectivity index (χ4v) is 5.45. The SMILES string of the molecule is CC(C)C[C@@H]1NC(=O)[C@@H](Cc2ccccc2)NC(=O)c2ccc(cc2)CN(C(=O)c2ccccc2)CCCCNC(=O)[C@@H](C)NC1=O. The molecule has 0 saturated heterocycles. The normalized spacial score (nSPS) is 20.4. The number of carbonyl (C=O) groups is 5. The van der Waals surface area contributed by atoms with Crippen LogP contribution in [0.5, 0.6) is 0 Å². The van der Waals surface area contributed by atoms with Gasteiger partial charge in [-0.1, -0.05) is 74.5 Å². The Bertz CT molecular complexity index is 1510. The lowest BCUT2D eigenvalue weighted by molar-refractivity contribution is -0.132. The van der Waals surface area contributed by atoms with Crippen LogP contribution in [0.3, 0.4) is 0 Å². The van der Waals surface area contributed by atoms with E-state index >= 15 is 0 Å². The standard InChI is InChI=1S/C37H45N5O5/c1-25(2)22-31-35(45)39-26(3)33(43)38-20-10-11-21-42(37(47)30-14-8-5-9-15-30)24-28-16-18-29(19-17-28)34(44)40-32(36(46)41-31)23-27-12-6-4-7-13-27/h4-9,12-19,25-26,31-32H,10-11,20-24H2,1-3H3,(H,38,43)(H,39,45)(H,40,44)(H,41,46)/t26-,31+,32-/m1/s1. The molecule has 4 N–H and O–H groups in total. The first-order chi connectivity index (χ1) is 22.6. The van der Waals surface area contributed by atoms with Gasteiger partial charge in [-0.05, 0) is 67.5 Å². The van der Waals surface area contributed by atoms with E-state index in [1.807, 2.05) is 62.4 Å². The molecule has 47 heavy (non-hydrogen) atoms. The van der Waals surface area contributed by atoms with E-state index in [2.05, 4.69) is 21.3 Å². The van der Waals surface area contributed by atoms with Crippen LogP contribution in [-0.4, -0.2) is 65.7 Å². The van der Waals surface area contributed by atoms with Crippen LogP contribution in [0.4, 0.5) is 0 Å². The van der Waals surface area contributed by atoms with Crippen LogP contribution in [0.25, 0.3) is 0 Å². The molecule has 248 valence electrons. The Kier molecular flexibility index (Phi) is 12.7. The van der Waals surface area contributed by atoms with E-state index in [9.17, 15) is 24.0 Å². The number of nitrogens with zero attached hydrogens (tertiary/aromatic N) is 1. The molecule has 0 spiro atoms. The van der Waals surface area contributed by atoms with E-state index in [0.717, 1.165) is 11.1 Å². The van der Waals surface area contributed by atoms with Gasteiger partial charge in [-0.2, -0.15) is 0 Å². The molecule has 2 heterocycles. The Morgan fingerprint density at radius 3 is 2.06 bits per heavy atom. The molecule has 0 aromatic heterocycles. The molecule has 3 atom stereocenters. The fourth-order valence-electron chi connectivity index (χ4n) is 5.45. The number of amides is 5. The van der Waals surface area contributed by atoms with Crippen LogP contribution in [-0.2, 0) is 27.3 Å². The highest BCUT2D eigenvalue weighted by atomic mass is 16.2. The summed E-state index contributed by atoms with van der Waals surface area (Å²) in [6.07, 6.45) is 1.82. The number of fused-ring (bicyclic) bond motifs is 18. The third-order valence-electron chi connectivity index (χ3n) is 8.05. The van der Waals surface area contributed by atoms with E-state index in [-0.39, 0.29) is 24.2 Å². The molecule has 0 radical (unpaired) electrons. The second-order valence-corrected chi connectivity index (χ2v) is 12.4. The average Bonchev–Trinajstić information content (AvgIpc) is 3.07. The lowest BCUT2D eigenvalue weighted by atomic mass is 10.0. The molecule has 10 nitrogen and oxygen atoms in total. The van der Waals surface area contributed by atoms with Crippen LogP contribution >= 0.6 is 0 Å². The van der Waals surface area contributed by atoms with Crippen molar-refractivity contribution in [3.05, 3.63) is 107 Å². The predicted octanol–water partition coefficient (Wildman–Crippen LogP) is 3.62. The van der Waals surface area contributed by atoms with Crippen LogP contribution in [0, 0.1) is 5.92 Å². The zero-order chi connectivity index (χ0) is 33.8. The molecule has 2 aliphatic rings. The second-order valence-electron chi connectivity index (χ2n) is 12.4. The molecule has 0 unspecified atom stereocenters. The van der Waals surface area contributed by atoms with Gasteiger partial charge in [-0.15, -0.1) is 0 Å². The van der Waals surface area contributed by atoms with Crippen molar-refractivity contribution >= 4 is 29.5 Å². The van der Waals surface area contributed by atoms with E-state index in [0.29, 0.717) is 50.0 Å². The second kappa shape index (κ2) is 17.1. The number of nitrogens with one attached hydrogen (secondary N) is 4. The highest BCUT2D eigenvalue weighted by Gasteiger charge is 2.29. The van der Waals surface area contributed by atoms with E-state index in [4.69, 9.17) is 0 Å². The van der Waals surface area contributed by atoms with Crippen molar-refractivity contribution in [1.82, 2.24) is 26.2 Å². The molecule has 0 aliphatic carbocycles. The number of hydrogen-bond acceptors (Lipinski definition) is 5. The zero-order valence-electron chi connectivity index (χ0n) is 27.3. The molecule has 2 aliphatic heterocycles. The Morgan fingerprint density at radius 1 is 0.766 bits per heavy atom. The molecule has 3 aromatic rings. The topological polar surface area (TPSA) is 137 Å². The van der Waals surface area contributed by atoms with Gasteiger partial charge in [0.2, 0.25) is 17.7 Å². The Labute approximate surface area is 276 Å². The third-order valence-corrected chi connectivity index (χ3v) is 8.05. The van der Waals surface area contributed by atoms with Gasteiger partial charge in [0.25, 0.3) is 11.8 Å². The smallest absolute Gasteiger partial charge is 0.254 e. The lowest BCUT2D eigenvalue weighted by Crippen LogP contribution is -2.57. The minimum atomic E-state index is -0.971. The number of hydrogen-bond donors (Lipinski definition) is 4. The van der Waals surface area contributed by atoms with Gasteiger partial charge in [-0.3, -0.25) is 24.0 Å². The van der Waals surface area contributed by atoms with Gasteiger partial charge in [0.1, 0.15) is 18.1 Å². The van der Waals surface area contributed by atoms with Gasteiger partial charge >= 0.3 is 0 Å². The van der Waals surface area contributed by atoms with Gasteiger partial charge in [-0.25, -0.2) is 0 Å². The molecule has 3 aromatic carbocycles. The van der Waals surface area contributed by atoms with E-state index < -0.39 is 35.8 Å². The highest BCUT2D eigenvalue weighted by molar-refractivity contribution is 5.99. The first kappa shape index (κ1) is 34.9. The maximum atomic E-state index is 13.7. The quantitative estimate of drug-likeness (QED) is 0.316. The van der Waals surface area contributed by atoms with Crippen molar-refractivity contribution in [2.45, 2.75) is 71.1 Å². The summed E-state index contributed by atoms with van der Waals surface area (Å²) >= 11 is 0. The van der Waals surface area contributed by atoms with Gasteiger partial charge < -0.3 is 26.2 Å². The van der Waals surface area contributed by atoms with Gasteiger partial charge in [0.15, 0.2) is 0 Å². The fraction of sp³-hybridized carbons (Fsp3) is 0.378. The number of carbonyl (C=O) groups excluding carboxylic acids is 5. The largest absolute Gasteiger partial charge is 0.354 e. The molecule has 0 fully saturated rings. The summed E-state index contributed by atoms with van der Waals surface area (Å²) < 4.78 is 0. The summed E-state index contributed by atoms with van der Waals surface area (Å²) in [4.78, 5) is 68.6. The van der Waals surface area contributed by atoms with Crippen molar-refractivity contribution < 1.29 is 24.0 Å². The molecule has 5 amide bonds. The monoisotopic (exact) mass is 639 g/mol. The Balaban J connectivity index is 1.62. The van der Waals surface area contributed by atoms with Gasteiger partial charge in [0, 0.05) is 37.2 Å². The third kappa shape index (κ3) is 10.5. The van der Waals surface area contributed by atoms with E-state index in [1.165, 1.54) is 0 Å². The van der Waals surface area contributed by atoms with Crippen molar-refractivity contribution in [2.24, 2.45) is 5.92 Å². The lowest BCUT2D eigenvalue weighted by Gasteiger charge is -2.25. The van der Waals surface area contributed by atoms with Crippen molar-refractivity contribution in [3.63, 3.8) is 0 Å². The van der Waals surface area contributed by atoms with Crippen LogP contribution in [0.2, 0.25) is 0 Å². The van der Waals surface area contributed by atoms with Crippen molar-refractivity contribution in [2.75, 3.05) is 13.1 Å². The average molecular weight is 640 g/mol. The van der Waals surface area contributed by atoms with E-state index in [1.54, 1.807) is 48.2 Å². The summed E-state index contributed by atoms with van der Waals surface area (Å²) in [6.45, 7) is 6.65. The molecule has 10 heteroatoms.